The van der Waals surface area contributed by atoms with Gasteiger partial charge in [0, 0.05) is 23.7 Å². The maximum atomic E-state index is 12.1. The van der Waals surface area contributed by atoms with Crippen LogP contribution in [0.3, 0.4) is 0 Å². The van der Waals surface area contributed by atoms with Gasteiger partial charge in [-0.1, -0.05) is 55.8 Å². The van der Waals surface area contributed by atoms with Gasteiger partial charge in [0.2, 0.25) is 0 Å². The first-order chi connectivity index (χ1) is 12.0. The van der Waals surface area contributed by atoms with Crippen LogP contribution in [0.4, 0.5) is 5.82 Å². The topological polar surface area (TPSA) is 73.8 Å². The fourth-order valence-electron chi connectivity index (χ4n) is 2.58. The zero-order valence-corrected chi connectivity index (χ0v) is 14.9. The molecular formula is C19H19ClN4O. The highest BCUT2D eigenvalue weighted by atomic mass is 35.5. The number of hydrogen-bond acceptors (Lipinski definition) is 4. The molecule has 2 N–H and O–H groups in total. The molecule has 3 rings (SSSR count). The Hall–Kier alpha value is -2.66. The first-order valence-corrected chi connectivity index (χ1v) is 8.43. The number of nitrogen functional groups attached to an aromatic ring is 1. The fourth-order valence-corrected chi connectivity index (χ4v) is 2.74. The summed E-state index contributed by atoms with van der Waals surface area (Å²) in [6.45, 7) is 4.62. The van der Waals surface area contributed by atoms with Gasteiger partial charge in [0.1, 0.15) is 5.82 Å². The molecule has 0 bridgehead atoms. The van der Waals surface area contributed by atoms with Gasteiger partial charge in [0.25, 0.3) is 5.56 Å². The summed E-state index contributed by atoms with van der Waals surface area (Å²) < 4.78 is 1.47. The Morgan fingerprint density at radius 2 is 1.88 bits per heavy atom. The zero-order valence-electron chi connectivity index (χ0n) is 14.1. The number of hydrogen-bond donors (Lipinski definition) is 1. The van der Waals surface area contributed by atoms with E-state index in [0.29, 0.717) is 28.9 Å². The SMILES string of the molecule is CC(C)Cn1nc(-c2cc(Cl)c(N)nc2-c2ccccc2)ccc1=O. The van der Waals surface area contributed by atoms with Gasteiger partial charge in [-0.05, 0) is 18.1 Å². The van der Waals surface area contributed by atoms with Crippen molar-refractivity contribution in [2.24, 2.45) is 5.92 Å². The molecule has 0 atom stereocenters. The fraction of sp³-hybridized carbons (Fsp3) is 0.211. The Balaban J connectivity index is 2.20. The highest BCUT2D eigenvalue weighted by Crippen LogP contribution is 2.33. The number of benzene rings is 1. The highest BCUT2D eigenvalue weighted by molar-refractivity contribution is 6.33. The predicted octanol–water partition coefficient (Wildman–Crippen LogP) is 3.86. The van der Waals surface area contributed by atoms with Gasteiger partial charge in [0.05, 0.1) is 16.4 Å². The Kier molecular flexibility index (Phi) is 4.86. The van der Waals surface area contributed by atoms with E-state index in [-0.39, 0.29) is 11.4 Å². The molecule has 1 aromatic carbocycles. The molecule has 5 nitrogen and oxygen atoms in total. The van der Waals surface area contributed by atoms with Crippen molar-refractivity contribution in [1.82, 2.24) is 14.8 Å². The number of pyridine rings is 1. The van der Waals surface area contributed by atoms with E-state index < -0.39 is 0 Å². The summed E-state index contributed by atoms with van der Waals surface area (Å²) in [5.74, 6) is 0.571. The molecule has 0 aliphatic rings. The summed E-state index contributed by atoms with van der Waals surface area (Å²) in [5.41, 5.74) is 8.74. The van der Waals surface area contributed by atoms with Gasteiger partial charge < -0.3 is 5.73 Å². The van der Waals surface area contributed by atoms with Gasteiger partial charge in [-0.25, -0.2) is 9.67 Å². The molecule has 0 radical (unpaired) electrons. The molecule has 128 valence electrons. The van der Waals surface area contributed by atoms with E-state index in [1.54, 1.807) is 12.1 Å². The monoisotopic (exact) mass is 354 g/mol. The Morgan fingerprint density at radius 3 is 2.56 bits per heavy atom. The lowest BCUT2D eigenvalue weighted by atomic mass is 10.0. The van der Waals surface area contributed by atoms with E-state index in [2.05, 4.69) is 10.1 Å². The third kappa shape index (κ3) is 3.72. The molecule has 0 amide bonds. The largest absolute Gasteiger partial charge is 0.382 e. The number of halogens is 1. The summed E-state index contributed by atoms with van der Waals surface area (Å²) in [6.07, 6.45) is 0. The van der Waals surface area contributed by atoms with Gasteiger partial charge >= 0.3 is 0 Å². The maximum Gasteiger partial charge on any atom is 0.266 e. The van der Waals surface area contributed by atoms with Crippen LogP contribution in [0.2, 0.25) is 5.02 Å². The second-order valence-corrected chi connectivity index (χ2v) is 6.66. The van der Waals surface area contributed by atoms with Gasteiger partial charge in [0.15, 0.2) is 0 Å². The van der Waals surface area contributed by atoms with Crippen LogP contribution < -0.4 is 11.3 Å². The van der Waals surface area contributed by atoms with Crippen LogP contribution in [-0.4, -0.2) is 14.8 Å². The van der Waals surface area contributed by atoms with Crippen LogP contribution in [0, 0.1) is 5.92 Å². The van der Waals surface area contributed by atoms with Crippen molar-refractivity contribution in [3.05, 3.63) is 63.9 Å². The normalized spacial score (nSPS) is 11.0. The van der Waals surface area contributed by atoms with E-state index in [0.717, 1.165) is 11.1 Å². The van der Waals surface area contributed by atoms with Gasteiger partial charge in [-0.2, -0.15) is 5.10 Å². The summed E-state index contributed by atoms with van der Waals surface area (Å²) >= 11 is 6.19. The van der Waals surface area contributed by atoms with Crippen LogP contribution in [0.15, 0.2) is 53.3 Å². The summed E-state index contributed by atoms with van der Waals surface area (Å²) in [6, 6.07) is 14.6. The van der Waals surface area contributed by atoms with Crippen molar-refractivity contribution < 1.29 is 0 Å². The number of anilines is 1. The molecule has 0 spiro atoms. The third-order valence-electron chi connectivity index (χ3n) is 3.73. The number of aromatic nitrogens is 3. The minimum atomic E-state index is -0.131. The molecule has 0 aliphatic carbocycles. The minimum Gasteiger partial charge on any atom is -0.382 e. The zero-order chi connectivity index (χ0) is 18.0. The van der Waals surface area contributed by atoms with Crippen LogP contribution in [0.1, 0.15) is 13.8 Å². The second kappa shape index (κ2) is 7.07. The molecule has 0 saturated heterocycles. The number of nitrogens with two attached hydrogens (primary N) is 1. The standard InChI is InChI=1S/C19H19ClN4O/c1-12(2)11-24-17(25)9-8-16(23-24)14-10-15(20)19(21)22-18(14)13-6-4-3-5-7-13/h3-10,12H,11H2,1-2H3,(H2,21,22). The van der Waals surface area contributed by atoms with E-state index in [1.807, 2.05) is 44.2 Å². The Labute approximate surface area is 151 Å². The van der Waals surface area contributed by atoms with Crippen molar-refractivity contribution in [2.45, 2.75) is 20.4 Å². The number of nitrogens with zero attached hydrogens (tertiary/aromatic N) is 3. The molecule has 0 saturated carbocycles. The predicted molar refractivity (Wildman–Crippen MR) is 101 cm³/mol. The molecule has 0 aliphatic heterocycles. The lowest BCUT2D eigenvalue weighted by molar-refractivity contribution is 0.465. The van der Waals surface area contributed by atoms with Crippen molar-refractivity contribution in [3.8, 4) is 22.5 Å². The first kappa shape index (κ1) is 17.2. The average Bonchev–Trinajstić information content (AvgIpc) is 2.59. The van der Waals surface area contributed by atoms with Crippen molar-refractivity contribution in [3.63, 3.8) is 0 Å². The van der Waals surface area contributed by atoms with E-state index in [9.17, 15) is 4.79 Å². The van der Waals surface area contributed by atoms with Crippen molar-refractivity contribution >= 4 is 17.4 Å². The molecule has 6 heteroatoms. The molecule has 2 aromatic heterocycles. The van der Waals surface area contributed by atoms with Crippen LogP contribution >= 0.6 is 11.6 Å². The van der Waals surface area contributed by atoms with Crippen LogP contribution in [-0.2, 0) is 6.54 Å². The van der Waals surface area contributed by atoms with Crippen LogP contribution in [0.25, 0.3) is 22.5 Å². The smallest absolute Gasteiger partial charge is 0.266 e. The first-order valence-electron chi connectivity index (χ1n) is 8.05. The third-order valence-corrected chi connectivity index (χ3v) is 4.03. The van der Waals surface area contributed by atoms with Crippen LogP contribution in [0.5, 0.6) is 0 Å². The Morgan fingerprint density at radius 1 is 1.16 bits per heavy atom. The highest BCUT2D eigenvalue weighted by Gasteiger charge is 2.15. The summed E-state index contributed by atoms with van der Waals surface area (Å²) in [4.78, 5) is 16.5. The van der Waals surface area contributed by atoms with E-state index in [1.165, 1.54) is 10.7 Å². The lowest BCUT2D eigenvalue weighted by Gasteiger charge is -2.13. The molecular weight excluding hydrogens is 336 g/mol. The van der Waals surface area contributed by atoms with Crippen molar-refractivity contribution in [1.29, 1.82) is 0 Å². The molecule has 3 aromatic rings. The maximum absolute atomic E-state index is 12.1. The van der Waals surface area contributed by atoms with E-state index in [4.69, 9.17) is 17.3 Å². The summed E-state index contributed by atoms with van der Waals surface area (Å²) in [7, 11) is 0. The molecule has 0 unspecified atom stereocenters. The van der Waals surface area contributed by atoms with Gasteiger partial charge in [-0.15, -0.1) is 0 Å². The quantitative estimate of drug-likeness (QED) is 0.772. The Bertz CT molecular complexity index is 951. The lowest BCUT2D eigenvalue weighted by Crippen LogP contribution is -2.24. The average molecular weight is 355 g/mol. The number of rotatable bonds is 4. The molecule has 0 fully saturated rings. The molecule has 25 heavy (non-hydrogen) atoms. The van der Waals surface area contributed by atoms with E-state index >= 15 is 0 Å². The summed E-state index contributed by atoms with van der Waals surface area (Å²) in [5, 5.41) is 4.86. The minimum absolute atomic E-state index is 0.131. The van der Waals surface area contributed by atoms with Gasteiger partial charge in [-0.3, -0.25) is 4.79 Å². The van der Waals surface area contributed by atoms with Crippen molar-refractivity contribution in [2.75, 3.05) is 5.73 Å². The second-order valence-electron chi connectivity index (χ2n) is 6.25. The molecule has 2 heterocycles.